The summed E-state index contributed by atoms with van der Waals surface area (Å²) in [5, 5.41) is 12.1. The molecule has 0 radical (unpaired) electrons. The van der Waals surface area contributed by atoms with Crippen molar-refractivity contribution in [3.05, 3.63) is 0 Å². The van der Waals surface area contributed by atoms with Crippen LogP contribution in [0.5, 0.6) is 0 Å². The van der Waals surface area contributed by atoms with Crippen molar-refractivity contribution < 1.29 is 5.11 Å². The van der Waals surface area contributed by atoms with Gasteiger partial charge in [-0.2, -0.15) is 0 Å². The molecule has 12 heavy (non-hydrogen) atoms. The Kier molecular flexibility index (Phi) is 4.58. The third-order valence-corrected chi connectivity index (χ3v) is 2.65. The Labute approximate surface area is 74.8 Å². The normalized spacial score (nSPS) is 27.0. The smallest absolute Gasteiger partial charge is 0.0558 e. The van der Waals surface area contributed by atoms with Gasteiger partial charge >= 0.3 is 0 Å². The van der Waals surface area contributed by atoms with Crippen LogP contribution >= 0.6 is 0 Å². The van der Waals surface area contributed by atoms with Crippen LogP contribution in [-0.4, -0.2) is 49.3 Å². The maximum Gasteiger partial charge on any atom is 0.0558 e. The quantitative estimate of drug-likeness (QED) is 0.631. The van der Waals surface area contributed by atoms with Crippen molar-refractivity contribution in [2.75, 3.05) is 33.3 Å². The van der Waals surface area contributed by atoms with Crippen molar-refractivity contribution in [2.45, 2.75) is 25.3 Å². The molecule has 0 amide bonds. The maximum atomic E-state index is 8.78. The Hall–Kier alpha value is -0.120. The van der Waals surface area contributed by atoms with Gasteiger partial charge in [-0.05, 0) is 39.4 Å². The van der Waals surface area contributed by atoms with E-state index in [9.17, 15) is 0 Å². The van der Waals surface area contributed by atoms with Gasteiger partial charge in [-0.1, -0.05) is 0 Å². The molecule has 1 atom stereocenters. The Morgan fingerprint density at radius 1 is 1.42 bits per heavy atom. The molecule has 3 heteroatoms. The molecule has 1 heterocycles. The summed E-state index contributed by atoms with van der Waals surface area (Å²) < 4.78 is 0. The lowest BCUT2D eigenvalue weighted by Gasteiger charge is -2.18. The Bertz CT molecular complexity index is 119. The lowest BCUT2D eigenvalue weighted by atomic mass is 10.1. The van der Waals surface area contributed by atoms with E-state index in [1.165, 1.54) is 19.3 Å². The molecular weight excluding hydrogens is 152 g/mol. The predicted molar refractivity (Wildman–Crippen MR) is 50.2 cm³/mol. The minimum absolute atomic E-state index is 0.296. The second kappa shape index (κ2) is 5.51. The summed E-state index contributed by atoms with van der Waals surface area (Å²) in [4.78, 5) is 2.34. The van der Waals surface area contributed by atoms with E-state index in [2.05, 4.69) is 10.2 Å². The largest absolute Gasteiger partial charge is 0.395 e. The number of aliphatic hydroxyl groups excluding tert-OH is 1. The van der Waals surface area contributed by atoms with E-state index in [4.69, 9.17) is 5.11 Å². The van der Waals surface area contributed by atoms with Crippen molar-refractivity contribution >= 4 is 0 Å². The molecule has 0 aromatic heterocycles. The number of β-amino-alcohol motifs (C(OH)–C–C–N with tert-alkyl or cyclic N) is 1. The first-order valence-corrected chi connectivity index (χ1v) is 4.87. The third kappa shape index (κ3) is 3.09. The highest BCUT2D eigenvalue weighted by molar-refractivity contribution is 4.73. The number of hydrogen-bond acceptors (Lipinski definition) is 3. The molecule has 0 spiro atoms. The molecule has 1 fully saturated rings. The minimum Gasteiger partial charge on any atom is -0.395 e. The van der Waals surface area contributed by atoms with Gasteiger partial charge in [-0.15, -0.1) is 0 Å². The second-order valence-corrected chi connectivity index (χ2v) is 3.48. The summed E-state index contributed by atoms with van der Waals surface area (Å²) in [6, 6.07) is 0.689. The summed E-state index contributed by atoms with van der Waals surface area (Å²) in [7, 11) is 2.03. The fraction of sp³-hybridized carbons (Fsp3) is 1.00. The van der Waals surface area contributed by atoms with Gasteiger partial charge in [0.2, 0.25) is 0 Å². The Morgan fingerprint density at radius 2 is 2.25 bits per heavy atom. The van der Waals surface area contributed by atoms with Crippen molar-refractivity contribution in [1.82, 2.24) is 10.2 Å². The number of nitrogens with one attached hydrogen (secondary N) is 1. The van der Waals surface area contributed by atoms with Crippen LogP contribution in [0.3, 0.4) is 0 Å². The van der Waals surface area contributed by atoms with E-state index >= 15 is 0 Å². The molecule has 0 aliphatic carbocycles. The number of likely N-dealkylation sites (tertiary alicyclic amines) is 1. The van der Waals surface area contributed by atoms with Gasteiger partial charge in [0.15, 0.2) is 0 Å². The number of aliphatic hydroxyl groups is 1. The van der Waals surface area contributed by atoms with Crippen molar-refractivity contribution in [1.29, 1.82) is 0 Å². The van der Waals surface area contributed by atoms with E-state index in [0.29, 0.717) is 12.6 Å². The summed E-state index contributed by atoms with van der Waals surface area (Å²) in [5.74, 6) is 0. The third-order valence-electron chi connectivity index (χ3n) is 2.65. The van der Waals surface area contributed by atoms with Crippen LogP contribution in [0.1, 0.15) is 19.3 Å². The van der Waals surface area contributed by atoms with Gasteiger partial charge < -0.3 is 15.3 Å². The summed E-state index contributed by atoms with van der Waals surface area (Å²) in [6.07, 6.45) is 3.75. The topological polar surface area (TPSA) is 35.5 Å². The molecule has 0 aromatic rings. The van der Waals surface area contributed by atoms with Crippen LogP contribution in [0.15, 0.2) is 0 Å². The van der Waals surface area contributed by atoms with Crippen LogP contribution in [0.2, 0.25) is 0 Å². The Balaban J connectivity index is 2.24. The van der Waals surface area contributed by atoms with E-state index < -0.39 is 0 Å². The van der Waals surface area contributed by atoms with Crippen LogP contribution < -0.4 is 5.32 Å². The van der Waals surface area contributed by atoms with Gasteiger partial charge in [0.25, 0.3) is 0 Å². The molecular formula is C9H20N2O. The monoisotopic (exact) mass is 172 g/mol. The molecule has 72 valence electrons. The van der Waals surface area contributed by atoms with E-state index in [1.807, 2.05) is 7.05 Å². The van der Waals surface area contributed by atoms with Crippen molar-refractivity contribution in [2.24, 2.45) is 0 Å². The molecule has 2 N–H and O–H groups in total. The van der Waals surface area contributed by atoms with Gasteiger partial charge in [-0.3, -0.25) is 0 Å². The van der Waals surface area contributed by atoms with E-state index in [1.54, 1.807) is 0 Å². The highest BCUT2D eigenvalue weighted by Gasteiger charge is 2.14. The van der Waals surface area contributed by atoms with E-state index in [-0.39, 0.29) is 0 Å². The van der Waals surface area contributed by atoms with Gasteiger partial charge in [-0.25, -0.2) is 0 Å². The fourth-order valence-corrected chi connectivity index (χ4v) is 1.81. The first kappa shape index (κ1) is 9.96. The van der Waals surface area contributed by atoms with Crippen LogP contribution in [0.4, 0.5) is 0 Å². The zero-order valence-electron chi connectivity index (χ0n) is 7.92. The van der Waals surface area contributed by atoms with Crippen LogP contribution in [0.25, 0.3) is 0 Å². The zero-order chi connectivity index (χ0) is 8.81. The highest BCUT2D eigenvalue weighted by atomic mass is 16.3. The summed E-state index contributed by atoms with van der Waals surface area (Å²) in [6.45, 7) is 3.42. The summed E-state index contributed by atoms with van der Waals surface area (Å²) in [5.41, 5.74) is 0. The summed E-state index contributed by atoms with van der Waals surface area (Å²) >= 11 is 0. The van der Waals surface area contributed by atoms with Gasteiger partial charge in [0, 0.05) is 12.6 Å². The average molecular weight is 172 g/mol. The maximum absolute atomic E-state index is 8.78. The van der Waals surface area contributed by atoms with Gasteiger partial charge in [0.05, 0.1) is 6.61 Å². The van der Waals surface area contributed by atoms with E-state index in [0.717, 1.165) is 19.6 Å². The predicted octanol–water partition coefficient (Wildman–Crippen LogP) is 0.0526. The fourth-order valence-electron chi connectivity index (χ4n) is 1.81. The zero-order valence-corrected chi connectivity index (χ0v) is 7.92. The average Bonchev–Trinajstić information content (AvgIpc) is 2.31. The molecule has 1 rings (SSSR count). The number of rotatable bonds is 3. The molecule has 1 saturated heterocycles. The molecule has 0 bridgehead atoms. The number of nitrogens with zero attached hydrogens (tertiary/aromatic N) is 1. The lowest BCUT2D eigenvalue weighted by Crippen LogP contribution is -2.30. The van der Waals surface area contributed by atoms with Crippen LogP contribution in [-0.2, 0) is 0 Å². The van der Waals surface area contributed by atoms with Crippen molar-refractivity contribution in [3.63, 3.8) is 0 Å². The molecule has 1 aliphatic rings. The first-order valence-electron chi connectivity index (χ1n) is 4.87. The highest BCUT2D eigenvalue weighted by Crippen LogP contribution is 2.09. The molecule has 1 unspecified atom stereocenters. The molecule has 0 saturated carbocycles. The van der Waals surface area contributed by atoms with Crippen molar-refractivity contribution in [3.8, 4) is 0 Å². The first-order chi connectivity index (χ1) is 5.86. The second-order valence-electron chi connectivity index (χ2n) is 3.48. The Morgan fingerprint density at radius 3 is 2.92 bits per heavy atom. The molecule has 3 nitrogen and oxygen atoms in total. The standard InChI is InChI=1S/C9H20N2O/c1-10-9-3-2-5-11(6-4-9)7-8-12/h9-10,12H,2-8H2,1H3. The number of hydrogen-bond donors (Lipinski definition) is 2. The van der Waals surface area contributed by atoms with Gasteiger partial charge in [0.1, 0.15) is 0 Å². The van der Waals surface area contributed by atoms with Crippen LogP contribution in [0, 0.1) is 0 Å². The minimum atomic E-state index is 0.296. The lowest BCUT2D eigenvalue weighted by molar-refractivity contribution is 0.199. The molecule has 0 aromatic carbocycles. The SMILES string of the molecule is CNC1CCCN(CCO)CC1. The molecule has 1 aliphatic heterocycles.